The number of amides is 1. The number of pyridine rings is 1. The number of aromatic nitrogens is 2. The summed E-state index contributed by atoms with van der Waals surface area (Å²) in [5.41, 5.74) is 0.401. The summed E-state index contributed by atoms with van der Waals surface area (Å²) in [5, 5.41) is 2.75. The topological polar surface area (TPSA) is 46.4 Å². The first kappa shape index (κ1) is 15.2. The molecule has 1 amide bonds. The maximum absolute atomic E-state index is 14.8. The zero-order chi connectivity index (χ0) is 15.6. The van der Waals surface area contributed by atoms with Gasteiger partial charge >= 0.3 is 0 Å². The van der Waals surface area contributed by atoms with Crippen LogP contribution in [-0.2, 0) is 5.67 Å². The fraction of sp³-hybridized carbons (Fsp3) is 0.375. The van der Waals surface area contributed by atoms with Crippen LogP contribution < -0.4 is 5.32 Å². The third-order valence-corrected chi connectivity index (χ3v) is 3.47. The molecular weight excluding hydrogens is 269 g/mol. The summed E-state index contributed by atoms with van der Waals surface area (Å²) in [4.78, 5) is 16.5. The van der Waals surface area contributed by atoms with Gasteiger partial charge in [0.2, 0.25) is 0 Å². The number of halogens is 1. The molecule has 0 aromatic carbocycles. The van der Waals surface area contributed by atoms with Gasteiger partial charge in [-0.3, -0.25) is 9.20 Å². The second-order valence-electron chi connectivity index (χ2n) is 5.21. The Morgan fingerprint density at radius 2 is 2.33 bits per heavy atom. The van der Waals surface area contributed by atoms with E-state index in [0.717, 1.165) is 0 Å². The molecule has 0 saturated heterocycles. The van der Waals surface area contributed by atoms with E-state index in [9.17, 15) is 9.18 Å². The Morgan fingerprint density at radius 1 is 1.62 bits per heavy atom. The van der Waals surface area contributed by atoms with Gasteiger partial charge in [-0.05, 0) is 26.8 Å². The van der Waals surface area contributed by atoms with Crippen LogP contribution in [0.25, 0.3) is 5.65 Å². The van der Waals surface area contributed by atoms with E-state index in [4.69, 9.17) is 0 Å². The van der Waals surface area contributed by atoms with Crippen molar-refractivity contribution in [2.45, 2.75) is 32.9 Å². The van der Waals surface area contributed by atoms with Gasteiger partial charge in [0.15, 0.2) is 0 Å². The van der Waals surface area contributed by atoms with Crippen LogP contribution >= 0.6 is 0 Å². The van der Waals surface area contributed by atoms with Crippen molar-refractivity contribution >= 4 is 11.6 Å². The Labute approximate surface area is 123 Å². The Morgan fingerprint density at radius 3 is 2.95 bits per heavy atom. The van der Waals surface area contributed by atoms with Gasteiger partial charge in [-0.1, -0.05) is 12.1 Å². The Kier molecular flexibility index (Phi) is 4.11. The molecule has 4 nitrogen and oxygen atoms in total. The summed E-state index contributed by atoms with van der Waals surface area (Å²) in [6.07, 6.45) is 3.46. The fourth-order valence-electron chi connectivity index (χ4n) is 2.49. The molecule has 21 heavy (non-hydrogen) atoms. The number of rotatable bonds is 5. The first-order valence-electron chi connectivity index (χ1n) is 6.98. The lowest BCUT2D eigenvalue weighted by molar-refractivity contribution is 0.0949. The lowest BCUT2D eigenvalue weighted by Crippen LogP contribution is -2.25. The molecule has 0 saturated carbocycles. The minimum absolute atomic E-state index is 0.190. The van der Waals surface area contributed by atoms with E-state index in [1.807, 2.05) is 6.92 Å². The molecular formula is C16H20FN3O. The van der Waals surface area contributed by atoms with Gasteiger partial charge in [0, 0.05) is 24.7 Å². The zero-order valence-electron chi connectivity index (χ0n) is 12.6. The van der Waals surface area contributed by atoms with Crippen molar-refractivity contribution in [1.29, 1.82) is 0 Å². The molecule has 0 fully saturated rings. The third kappa shape index (κ3) is 2.68. The monoisotopic (exact) mass is 289 g/mol. The predicted molar refractivity (Wildman–Crippen MR) is 81.2 cm³/mol. The van der Waals surface area contributed by atoms with E-state index < -0.39 is 5.67 Å². The van der Waals surface area contributed by atoms with E-state index in [1.54, 1.807) is 35.7 Å². The molecule has 112 valence electrons. The summed E-state index contributed by atoms with van der Waals surface area (Å²) in [6.45, 7) is 9.23. The fourth-order valence-corrected chi connectivity index (χ4v) is 2.49. The van der Waals surface area contributed by atoms with Crippen LogP contribution in [0.3, 0.4) is 0 Å². The molecule has 1 atom stereocenters. The zero-order valence-corrected chi connectivity index (χ0v) is 12.6. The quantitative estimate of drug-likeness (QED) is 0.859. The van der Waals surface area contributed by atoms with Crippen molar-refractivity contribution in [2.75, 3.05) is 6.54 Å². The molecule has 5 heteroatoms. The van der Waals surface area contributed by atoms with Gasteiger partial charge < -0.3 is 5.32 Å². The lowest BCUT2D eigenvalue weighted by atomic mass is 9.95. The molecule has 0 aliphatic heterocycles. The number of hydrogen-bond acceptors (Lipinski definition) is 2. The maximum Gasteiger partial charge on any atom is 0.270 e. The lowest BCUT2D eigenvalue weighted by Gasteiger charge is -2.19. The Bertz CT molecular complexity index is 688. The maximum atomic E-state index is 14.8. The van der Waals surface area contributed by atoms with Crippen molar-refractivity contribution in [3.05, 3.63) is 47.9 Å². The highest BCUT2D eigenvalue weighted by Gasteiger charge is 2.29. The van der Waals surface area contributed by atoms with Crippen molar-refractivity contribution in [3.8, 4) is 0 Å². The van der Waals surface area contributed by atoms with E-state index in [0.29, 0.717) is 29.1 Å². The molecule has 0 aliphatic carbocycles. The summed E-state index contributed by atoms with van der Waals surface area (Å²) in [7, 11) is 0. The molecule has 0 aliphatic rings. The normalized spacial score (nSPS) is 13.9. The van der Waals surface area contributed by atoms with Crippen LogP contribution in [0, 0.1) is 6.92 Å². The van der Waals surface area contributed by atoms with E-state index in [-0.39, 0.29) is 12.3 Å². The summed E-state index contributed by atoms with van der Waals surface area (Å²) in [5.74, 6) is -0.205. The number of hydrogen-bond donors (Lipinski definition) is 1. The second kappa shape index (κ2) is 5.68. The number of alkyl halides is 1. The first-order valence-corrected chi connectivity index (χ1v) is 6.98. The molecule has 0 spiro atoms. The molecule has 1 N–H and O–H groups in total. The summed E-state index contributed by atoms with van der Waals surface area (Å²) in [6, 6.07) is 3.43. The molecule has 0 radical (unpaired) electrons. The minimum Gasteiger partial charge on any atom is -0.351 e. The smallest absolute Gasteiger partial charge is 0.270 e. The number of allylic oxidation sites excluding steroid dienone is 1. The van der Waals surface area contributed by atoms with E-state index in [1.165, 1.54) is 6.92 Å². The van der Waals surface area contributed by atoms with Crippen molar-refractivity contribution < 1.29 is 9.18 Å². The van der Waals surface area contributed by atoms with E-state index >= 15 is 0 Å². The third-order valence-electron chi connectivity index (χ3n) is 3.47. The minimum atomic E-state index is -1.57. The highest BCUT2D eigenvalue weighted by molar-refractivity contribution is 5.94. The largest absolute Gasteiger partial charge is 0.351 e. The van der Waals surface area contributed by atoms with Crippen LogP contribution in [0.1, 0.15) is 42.0 Å². The van der Waals surface area contributed by atoms with Crippen molar-refractivity contribution in [1.82, 2.24) is 14.7 Å². The van der Waals surface area contributed by atoms with Gasteiger partial charge in [0.1, 0.15) is 17.0 Å². The van der Waals surface area contributed by atoms with Gasteiger partial charge in [-0.25, -0.2) is 9.37 Å². The Hall–Kier alpha value is -2.17. The van der Waals surface area contributed by atoms with Crippen molar-refractivity contribution in [2.24, 2.45) is 0 Å². The van der Waals surface area contributed by atoms with Gasteiger partial charge in [0.25, 0.3) is 5.91 Å². The Balaban J connectivity index is 2.65. The summed E-state index contributed by atoms with van der Waals surface area (Å²) >= 11 is 0. The molecule has 1 unspecified atom stereocenters. The standard InChI is InChI=1S/C16H20FN3O/c1-5-9-16(4,17)12-8-7-10-20-13(15(21)18-6-2)11(3)19-14(12)20/h5,7-8,10H,1,6,9H2,2-4H3,(H,18,21). The number of aryl methyl sites for hydroxylation is 1. The predicted octanol–water partition coefficient (Wildman–Crippen LogP) is 3.15. The first-order chi connectivity index (χ1) is 9.92. The molecule has 2 aromatic heterocycles. The number of nitrogens with one attached hydrogen (secondary N) is 1. The highest BCUT2D eigenvalue weighted by Crippen LogP contribution is 2.33. The van der Waals surface area contributed by atoms with Crippen LogP contribution in [0.4, 0.5) is 4.39 Å². The molecule has 0 bridgehead atoms. The van der Waals surface area contributed by atoms with Gasteiger partial charge in [-0.2, -0.15) is 0 Å². The SMILES string of the molecule is C=CCC(C)(F)c1cccn2c(C(=O)NCC)c(C)nc12. The number of carbonyl (C=O) groups is 1. The van der Waals surface area contributed by atoms with Crippen LogP contribution in [0.2, 0.25) is 0 Å². The average Bonchev–Trinajstić information content (AvgIpc) is 2.74. The van der Waals surface area contributed by atoms with Crippen LogP contribution in [-0.4, -0.2) is 21.8 Å². The highest BCUT2D eigenvalue weighted by atomic mass is 19.1. The number of imidazole rings is 1. The van der Waals surface area contributed by atoms with Crippen LogP contribution in [0.15, 0.2) is 31.0 Å². The molecule has 2 rings (SSSR count). The number of carbonyl (C=O) groups excluding carboxylic acids is 1. The second-order valence-corrected chi connectivity index (χ2v) is 5.21. The summed E-state index contributed by atoms with van der Waals surface area (Å²) < 4.78 is 16.5. The number of fused-ring (bicyclic) bond motifs is 1. The van der Waals surface area contributed by atoms with Gasteiger partial charge in [0.05, 0.1) is 5.69 Å². The van der Waals surface area contributed by atoms with Crippen molar-refractivity contribution in [3.63, 3.8) is 0 Å². The van der Waals surface area contributed by atoms with Crippen LogP contribution in [0.5, 0.6) is 0 Å². The molecule has 2 heterocycles. The van der Waals surface area contributed by atoms with Gasteiger partial charge in [-0.15, -0.1) is 6.58 Å². The average molecular weight is 289 g/mol. The number of nitrogens with zero attached hydrogens (tertiary/aromatic N) is 2. The molecule has 2 aromatic rings. The van der Waals surface area contributed by atoms with E-state index in [2.05, 4.69) is 16.9 Å².